The number of hydrogen-bond donors (Lipinski definition) is 0. The van der Waals surface area contributed by atoms with E-state index in [1.54, 1.807) is 0 Å². The lowest BCUT2D eigenvalue weighted by molar-refractivity contribution is 0.367. The summed E-state index contributed by atoms with van der Waals surface area (Å²) < 4.78 is 0. The summed E-state index contributed by atoms with van der Waals surface area (Å²) in [7, 11) is 0. The van der Waals surface area contributed by atoms with Crippen LogP contribution in [0.2, 0.25) is 0 Å². The van der Waals surface area contributed by atoms with Crippen LogP contribution in [-0.2, 0) is 6.42 Å². The van der Waals surface area contributed by atoms with Gasteiger partial charge in [0.05, 0.1) is 16.8 Å². The van der Waals surface area contributed by atoms with Crippen molar-refractivity contribution in [2.45, 2.75) is 39.2 Å². The molecule has 1 unspecified atom stereocenters. The molecule has 0 radical (unpaired) electrons. The summed E-state index contributed by atoms with van der Waals surface area (Å²) in [5.74, 6) is 0.620. The summed E-state index contributed by atoms with van der Waals surface area (Å²) in [6, 6.07) is 19.2. The fraction of sp³-hybridized carbons (Fsp3) is 0.304. The third-order valence-corrected chi connectivity index (χ3v) is 4.94. The zero-order valence-corrected chi connectivity index (χ0v) is 15.2. The molecule has 1 aliphatic heterocycles. The number of para-hydroxylation sites is 1. The predicted octanol–water partition coefficient (Wildman–Crippen LogP) is 5.43. The minimum absolute atomic E-state index is 0.0521. The number of aliphatic imine (C=N–C) groups is 1. The third-order valence-electron chi connectivity index (χ3n) is 4.94. The van der Waals surface area contributed by atoms with Crippen LogP contribution in [-0.4, -0.2) is 16.2 Å². The van der Waals surface area contributed by atoms with E-state index in [1.807, 2.05) is 12.3 Å². The number of rotatable bonds is 3. The lowest BCUT2D eigenvalue weighted by Crippen LogP contribution is -2.34. The van der Waals surface area contributed by atoms with Gasteiger partial charge in [-0.25, -0.2) is 0 Å². The third kappa shape index (κ3) is 3.09. The molecule has 25 heavy (non-hydrogen) atoms. The molecule has 1 aromatic heterocycles. The van der Waals surface area contributed by atoms with E-state index in [0.29, 0.717) is 5.92 Å². The molecular formula is C23H24N2. The summed E-state index contributed by atoms with van der Waals surface area (Å²) in [4.78, 5) is 9.91. The van der Waals surface area contributed by atoms with Crippen molar-refractivity contribution in [2.24, 2.45) is 10.9 Å². The maximum absolute atomic E-state index is 5.25. The summed E-state index contributed by atoms with van der Waals surface area (Å²) in [6.45, 7) is 6.84. The van der Waals surface area contributed by atoms with Gasteiger partial charge in [0, 0.05) is 22.7 Å². The molecule has 4 rings (SSSR count). The first-order chi connectivity index (χ1) is 12.0. The lowest BCUT2D eigenvalue weighted by Gasteiger charge is -2.34. The zero-order chi connectivity index (χ0) is 17.4. The number of hydrogen-bond acceptors (Lipinski definition) is 2. The van der Waals surface area contributed by atoms with E-state index in [0.717, 1.165) is 35.0 Å². The van der Waals surface area contributed by atoms with Crippen LogP contribution < -0.4 is 0 Å². The van der Waals surface area contributed by atoms with Crippen molar-refractivity contribution in [3.05, 3.63) is 77.5 Å². The fourth-order valence-corrected chi connectivity index (χ4v) is 4.10. The standard InChI is InChI=1S/C23H24N2/c1-16(2)13-23(3)14-18-9-4-6-10-20(18)22(25-23)19-12-17-8-5-7-11-21(17)24-15-19/h4-12,15-16H,13-14H2,1-3H3. The highest BCUT2D eigenvalue weighted by atomic mass is 14.9. The number of aromatic nitrogens is 1. The fourth-order valence-electron chi connectivity index (χ4n) is 4.10. The molecule has 1 aliphatic rings. The summed E-state index contributed by atoms with van der Waals surface area (Å²) in [6.07, 6.45) is 4.07. The van der Waals surface area contributed by atoms with Gasteiger partial charge in [-0.3, -0.25) is 9.98 Å². The first kappa shape index (κ1) is 16.0. The average molecular weight is 328 g/mol. The molecule has 126 valence electrons. The number of benzene rings is 2. The Kier molecular flexibility index (Phi) is 3.91. The summed E-state index contributed by atoms with van der Waals surface area (Å²) in [5.41, 5.74) is 5.82. The molecule has 0 saturated carbocycles. The maximum atomic E-state index is 5.25. The van der Waals surface area contributed by atoms with Crippen molar-refractivity contribution in [1.29, 1.82) is 0 Å². The average Bonchev–Trinajstić information content (AvgIpc) is 2.59. The Balaban J connectivity index is 1.88. The minimum Gasteiger partial charge on any atom is -0.277 e. The Labute approximate surface area is 149 Å². The van der Waals surface area contributed by atoms with Crippen LogP contribution >= 0.6 is 0 Å². The number of fused-ring (bicyclic) bond motifs is 2. The van der Waals surface area contributed by atoms with Gasteiger partial charge in [-0.15, -0.1) is 0 Å². The summed E-state index contributed by atoms with van der Waals surface area (Å²) in [5, 5.41) is 1.16. The second-order valence-electron chi connectivity index (χ2n) is 7.81. The van der Waals surface area contributed by atoms with Gasteiger partial charge in [-0.05, 0) is 43.4 Å². The molecule has 0 saturated heterocycles. The van der Waals surface area contributed by atoms with Gasteiger partial charge in [0.2, 0.25) is 0 Å². The molecule has 0 fully saturated rings. The first-order valence-electron chi connectivity index (χ1n) is 9.07. The van der Waals surface area contributed by atoms with Crippen LogP contribution in [0, 0.1) is 5.92 Å². The van der Waals surface area contributed by atoms with Crippen LogP contribution in [0.25, 0.3) is 10.9 Å². The second-order valence-corrected chi connectivity index (χ2v) is 7.81. The van der Waals surface area contributed by atoms with Gasteiger partial charge in [0.25, 0.3) is 0 Å². The van der Waals surface area contributed by atoms with Crippen LogP contribution in [0.4, 0.5) is 0 Å². The number of pyridine rings is 1. The maximum Gasteiger partial charge on any atom is 0.0744 e. The molecule has 0 spiro atoms. The highest BCUT2D eigenvalue weighted by Gasteiger charge is 2.32. The molecule has 2 heteroatoms. The highest BCUT2D eigenvalue weighted by Crippen LogP contribution is 2.34. The van der Waals surface area contributed by atoms with Crippen molar-refractivity contribution in [3.8, 4) is 0 Å². The minimum atomic E-state index is -0.0521. The molecule has 0 aliphatic carbocycles. The number of nitrogens with zero attached hydrogens (tertiary/aromatic N) is 2. The topological polar surface area (TPSA) is 25.2 Å². The van der Waals surface area contributed by atoms with Crippen LogP contribution in [0.3, 0.4) is 0 Å². The van der Waals surface area contributed by atoms with E-state index in [1.165, 1.54) is 11.1 Å². The van der Waals surface area contributed by atoms with Crippen molar-refractivity contribution < 1.29 is 0 Å². The van der Waals surface area contributed by atoms with Crippen molar-refractivity contribution >= 4 is 16.6 Å². The van der Waals surface area contributed by atoms with E-state index < -0.39 is 0 Å². The van der Waals surface area contributed by atoms with Crippen LogP contribution in [0.1, 0.15) is 43.9 Å². The normalized spacial score (nSPS) is 19.8. The Hall–Kier alpha value is -2.48. The van der Waals surface area contributed by atoms with Gasteiger partial charge in [0.1, 0.15) is 0 Å². The Morgan fingerprint density at radius 2 is 1.80 bits per heavy atom. The molecule has 3 aromatic rings. The largest absolute Gasteiger partial charge is 0.277 e. The quantitative estimate of drug-likeness (QED) is 0.629. The molecule has 2 heterocycles. The molecule has 2 nitrogen and oxygen atoms in total. The molecule has 2 aromatic carbocycles. The van der Waals surface area contributed by atoms with Crippen molar-refractivity contribution in [3.63, 3.8) is 0 Å². The van der Waals surface area contributed by atoms with Gasteiger partial charge in [-0.2, -0.15) is 0 Å². The predicted molar refractivity (Wildman–Crippen MR) is 105 cm³/mol. The highest BCUT2D eigenvalue weighted by molar-refractivity contribution is 6.15. The molecular weight excluding hydrogens is 304 g/mol. The Morgan fingerprint density at radius 3 is 2.64 bits per heavy atom. The molecule has 1 atom stereocenters. The molecule has 0 bridgehead atoms. The first-order valence-corrected chi connectivity index (χ1v) is 9.07. The van der Waals surface area contributed by atoms with Crippen LogP contribution in [0.5, 0.6) is 0 Å². The van der Waals surface area contributed by atoms with E-state index in [-0.39, 0.29) is 5.54 Å². The zero-order valence-electron chi connectivity index (χ0n) is 15.2. The smallest absolute Gasteiger partial charge is 0.0744 e. The van der Waals surface area contributed by atoms with Gasteiger partial charge < -0.3 is 0 Å². The van der Waals surface area contributed by atoms with E-state index in [4.69, 9.17) is 4.99 Å². The van der Waals surface area contributed by atoms with Gasteiger partial charge >= 0.3 is 0 Å². The van der Waals surface area contributed by atoms with E-state index >= 15 is 0 Å². The monoisotopic (exact) mass is 328 g/mol. The van der Waals surface area contributed by atoms with E-state index in [2.05, 4.69) is 74.3 Å². The Bertz CT molecular complexity index is 955. The van der Waals surface area contributed by atoms with Gasteiger partial charge in [-0.1, -0.05) is 56.3 Å². The second kappa shape index (κ2) is 6.11. The van der Waals surface area contributed by atoms with Crippen molar-refractivity contribution in [2.75, 3.05) is 0 Å². The van der Waals surface area contributed by atoms with Crippen molar-refractivity contribution in [1.82, 2.24) is 4.98 Å². The van der Waals surface area contributed by atoms with Gasteiger partial charge in [0.15, 0.2) is 0 Å². The molecule has 0 N–H and O–H groups in total. The van der Waals surface area contributed by atoms with Crippen LogP contribution in [0.15, 0.2) is 65.8 Å². The SMILES string of the molecule is CC(C)CC1(C)Cc2ccccc2C(c2cnc3ccccc3c2)=N1. The summed E-state index contributed by atoms with van der Waals surface area (Å²) >= 11 is 0. The lowest BCUT2D eigenvalue weighted by atomic mass is 9.80. The Morgan fingerprint density at radius 1 is 1.04 bits per heavy atom. The molecule has 0 amide bonds. The van der Waals surface area contributed by atoms with E-state index in [9.17, 15) is 0 Å².